The molecule has 2 rings (SSSR count). The van der Waals surface area contributed by atoms with Gasteiger partial charge in [-0.05, 0) is 31.2 Å². The fourth-order valence-electron chi connectivity index (χ4n) is 2.27. The second-order valence-corrected chi connectivity index (χ2v) is 6.95. The van der Waals surface area contributed by atoms with Crippen LogP contribution in [0, 0.1) is 0 Å². The van der Waals surface area contributed by atoms with E-state index in [1.807, 2.05) is 0 Å². The first-order chi connectivity index (χ1) is 9.91. The quantitative estimate of drug-likeness (QED) is 0.843. The monoisotopic (exact) mass is 312 g/mol. The molecule has 1 aliphatic heterocycles. The summed E-state index contributed by atoms with van der Waals surface area (Å²) in [5.74, 6) is 0. The Hall–Kier alpha value is -1.76. The Kier molecular flexibility index (Phi) is 4.72. The first kappa shape index (κ1) is 15.6. The molecule has 1 saturated heterocycles. The third kappa shape index (κ3) is 3.87. The molecule has 21 heavy (non-hydrogen) atoms. The van der Waals surface area contributed by atoms with Crippen LogP contribution in [0.3, 0.4) is 0 Å². The molecule has 1 aliphatic rings. The highest BCUT2D eigenvalue weighted by molar-refractivity contribution is 7.90. The Morgan fingerprint density at radius 1 is 1.14 bits per heavy atom. The lowest BCUT2D eigenvalue weighted by Gasteiger charge is -2.35. The topological polar surface area (TPSA) is 66.9 Å². The van der Waals surface area contributed by atoms with Crippen molar-refractivity contribution in [1.29, 1.82) is 0 Å². The highest BCUT2D eigenvalue weighted by Gasteiger charge is 2.22. The van der Waals surface area contributed by atoms with E-state index < -0.39 is 9.84 Å². The molecular formula is C14H20N2O4S. The minimum atomic E-state index is -3.16. The standard InChI is InChI=1S/C14H20N2O4S/c1-3-20-14(17)16-10-8-15(9-11-16)12-4-6-13(7-5-12)21(2,18)19/h4-7H,3,8-11H2,1-2H3. The van der Waals surface area contributed by atoms with Gasteiger partial charge in [0.05, 0.1) is 11.5 Å². The van der Waals surface area contributed by atoms with Gasteiger partial charge in [-0.1, -0.05) is 0 Å². The molecule has 0 aromatic heterocycles. The van der Waals surface area contributed by atoms with Crippen LogP contribution in [0.2, 0.25) is 0 Å². The molecule has 0 unspecified atom stereocenters. The molecule has 116 valence electrons. The number of ether oxygens (including phenoxy) is 1. The highest BCUT2D eigenvalue weighted by atomic mass is 32.2. The van der Waals surface area contributed by atoms with Gasteiger partial charge in [0.1, 0.15) is 0 Å². The van der Waals surface area contributed by atoms with Gasteiger partial charge in [0, 0.05) is 38.1 Å². The van der Waals surface area contributed by atoms with Gasteiger partial charge in [-0.2, -0.15) is 0 Å². The van der Waals surface area contributed by atoms with E-state index in [-0.39, 0.29) is 6.09 Å². The van der Waals surface area contributed by atoms with Crippen molar-refractivity contribution in [3.8, 4) is 0 Å². The van der Waals surface area contributed by atoms with E-state index in [1.165, 1.54) is 6.26 Å². The van der Waals surface area contributed by atoms with Gasteiger partial charge in [-0.25, -0.2) is 13.2 Å². The summed E-state index contributed by atoms with van der Waals surface area (Å²) in [5.41, 5.74) is 0.964. The number of carbonyl (C=O) groups excluding carboxylic acids is 1. The van der Waals surface area contributed by atoms with Crippen molar-refractivity contribution >= 4 is 21.6 Å². The van der Waals surface area contributed by atoms with E-state index in [9.17, 15) is 13.2 Å². The van der Waals surface area contributed by atoms with Gasteiger partial charge < -0.3 is 14.5 Å². The number of carbonyl (C=O) groups is 1. The first-order valence-corrected chi connectivity index (χ1v) is 8.77. The Labute approximate surface area is 125 Å². The minimum absolute atomic E-state index is 0.274. The van der Waals surface area contributed by atoms with Crippen LogP contribution >= 0.6 is 0 Å². The zero-order valence-electron chi connectivity index (χ0n) is 12.3. The number of sulfone groups is 1. The van der Waals surface area contributed by atoms with E-state index >= 15 is 0 Å². The number of amides is 1. The Balaban J connectivity index is 1.98. The lowest BCUT2D eigenvalue weighted by molar-refractivity contribution is 0.105. The van der Waals surface area contributed by atoms with Gasteiger partial charge in [0.15, 0.2) is 9.84 Å². The maximum atomic E-state index is 11.6. The van der Waals surface area contributed by atoms with Crippen molar-refractivity contribution in [2.24, 2.45) is 0 Å². The summed E-state index contributed by atoms with van der Waals surface area (Å²) in [6.45, 7) is 4.79. The van der Waals surface area contributed by atoms with Crippen LogP contribution in [-0.4, -0.2) is 58.5 Å². The minimum Gasteiger partial charge on any atom is -0.450 e. The van der Waals surface area contributed by atoms with Crippen molar-refractivity contribution < 1.29 is 17.9 Å². The van der Waals surface area contributed by atoms with Gasteiger partial charge in [0.25, 0.3) is 0 Å². The number of piperazine rings is 1. The third-order valence-corrected chi connectivity index (χ3v) is 4.56. The summed E-state index contributed by atoms with van der Waals surface area (Å²) < 4.78 is 27.8. The molecule has 0 atom stereocenters. The zero-order valence-corrected chi connectivity index (χ0v) is 13.1. The Morgan fingerprint density at radius 3 is 2.19 bits per heavy atom. The molecule has 0 bridgehead atoms. The number of benzene rings is 1. The number of hydrogen-bond donors (Lipinski definition) is 0. The van der Waals surface area contributed by atoms with Crippen molar-refractivity contribution in [1.82, 2.24) is 4.90 Å². The lowest BCUT2D eigenvalue weighted by atomic mass is 10.2. The van der Waals surface area contributed by atoms with Crippen LogP contribution in [0.25, 0.3) is 0 Å². The van der Waals surface area contributed by atoms with E-state index in [2.05, 4.69) is 4.90 Å². The molecule has 7 heteroatoms. The van der Waals surface area contributed by atoms with Crippen LogP contribution in [0.4, 0.5) is 10.5 Å². The van der Waals surface area contributed by atoms with Gasteiger partial charge >= 0.3 is 6.09 Å². The van der Waals surface area contributed by atoms with E-state index in [0.29, 0.717) is 37.7 Å². The molecule has 0 radical (unpaired) electrons. The van der Waals surface area contributed by atoms with Crippen LogP contribution < -0.4 is 4.90 Å². The second-order valence-electron chi connectivity index (χ2n) is 4.94. The van der Waals surface area contributed by atoms with E-state index in [1.54, 1.807) is 36.1 Å². The predicted octanol–water partition coefficient (Wildman–Crippen LogP) is 1.37. The van der Waals surface area contributed by atoms with Crippen molar-refractivity contribution in [3.63, 3.8) is 0 Å². The van der Waals surface area contributed by atoms with Gasteiger partial charge in [-0.3, -0.25) is 0 Å². The largest absolute Gasteiger partial charge is 0.450 e. The molecule has 1 fully saturated rings. The fourth-order valence-corrected chi connectivity index (χ4v) is 2.90. The molecule has 1 amide bonds. The molecule has 1 aromatic carbocycles. The average Bonchev–Trinajstić information content (AvgIpc) is 2.47. The number of hydrogen-bond acceptors (Lipinski definition) is 5. The van der Waals surface area contributed by atoms with Crippen LogP contribution in [-0.2, 0) is 14.6 Å². The molecule has 0 saturated carbocycles. The van der Waals surface area contributed by atoms with Gasteiger partial charge in [0.2, 0.25) is 0 Å². The smallest absolute Gasteiger partial charge is 0.409 e. The summed E-state index contributed by atoms with van der Waals surface area (Å²) in [5, 5.41) is 0. The van der Waals surface area contributed by atoms with Crippen LogP contribution in [0.1, 0.15) is 6.92 Å². The third-order valence-electron chi connectivity index (χ3n) is 3.44. The van der Waals surface area contributed by atoms with E-state index in [4.69, 9.17) is 4.74 Å². The summed E-state index contributed by atoms with van der Waals surface area (Å²) in [6.07, 6.45) is 0.921. The Bertz CT molecular complexity index is 590. The number of nitrogens with zero attached hydrogens (tertiary/aromatic N) is 2. The normalized spacial score (nSPS) is 15.9. The lowest BCUT2D eigenvalue weighted by Crippen LogP contribution is -2.49. The fraction of sp³-hybridized carbons (Fsp3) is 0.500. The molecular weight excluding hydrogens is 292 g/mol. The van der Waals surface area contributed by atoms with Crippen LogP contribution in [0.5, 0.6) is 0 Å². The van der Waals surface area contributed by atoms with Crippen molar-refractivity contribution in [2.45, 2.75) is 11.8 Å². The van der Waals surface area contributed by atoms with Crippen molar-refractivity contribution in [2.75, 3.05) is 43.9 Å². The van der Waals surface area contributed by atoms with Gasteiger partial charge in [-0.15, -0.1) is 0 Å². The highest BCUT2D eigenvalue weighted by Crippen LogP contribution is 2.19. The van der Waals surface area contributed by atoms with Crippen molar-refractivity contribution in [3.05, 3.63) is 24.3 Å². The molecule has 1 aromatic rings. The molecule has 0 N–H and O–H groups in total. The average molecular weight is 312 g/mol. The first-order valence-electron chi connectivity index (χ1n) is 6.88. The Morgan fingerprint density at radius 2 is 1.71 bits per heavy atom. The maximum Gasteiger partial charge on any atom is 0.409 e. The molecule has 0 aliphatic carbocycles. The summed E-state index contributed by atoms with van der Waals surface area (Å²) in [7, 11) is -3.16. The number of rotatable bonds is 3. The molecule has 6 nitrogen and oxygen atoms in total. The SMILES string of the molecule is CCOC(=O)N1CCN(c2ccc(S(C)(=O)=O)cc2)CC1. The summed E-state index contributed by atoms with van der Waals surface area (Å²) >= 11 is 0. The van der Waals surface area contributed by atoms with Crippen LogP contribution in [0.15, 0.2) is 29.2 Å². The predicted molar refractivity (Wildman–Crippen MR) is 80.4 cm³/mol. The summed E-state index contributed by atoms with van der Waals surface area (Å²) in [6, 6.07) is 6.83. The second kappa shape index (κ2) is 6.34. The zero-order chi connectivity index (χ0) is 15.5. The summed E-state index contributed by atoms with van der Waals surface area (Å²) in [4.78, 5) is 15.7. The maximum absolute atomic E-state index is 11.6. The molecule has 1 heterocycles. The van der Waals surface area contributed by atoms with E-state index in [0.717, 1.165) is 5.69 Å². The molecule has 0 spiro atoms. The number of anilines is 1.